The lowest BCUT2D eigenvalue weighted by Crippen LogP contribution is -2.55. The Kier molecular flexibility index (Phi) is 21.5. The van der Waals surface area contributed by atoms with Gasteiger partial charge in [-0.15, -0.1) is 0 Å². The molecule has 5 atom stereocenters. The van der Waals surface area contributed by atoms with Crippen molar-refractivity contribution in [2.45, 2.75) is 100 Å². The molecule has 494 valence electrons. The second-order valence-electron chi connectivity index (χ2n) is 24.5. The highest BCUT2D eigenvalue weighted by Gasteiger charge is 2.53. The maximum Gasteiger partial charge on any atom is 0.301 e. The van der Waals surface area contributed by atoms with E-state index in [0.717, 1.165) is 88.9 Å². The summed E-state index contributed by atoms with van der Waals surface area (Å²) in [5.41, 5.74) is 9.02. The zero-order valence-corrected chi connectivity index (χ0v) is 52.7. The van der Waals surface area contributed by atoms with Gasteiger partial charge in [0.1, 0.15) is 60.0 Å². The number of amides is 4. The fraction of sp³-hybridized carbons (Fsp3) is 0.338. The zero-order chi connectivity index (χ0) is 68.0. The lowest BCUT2D eigenvalue weighted by molar-refractivity contribution is -0.497. The Morgan fingerprint density at radius 1 is 0.577 bits per heavy atom. The average Bonchev–Trinajstić information content (AvgIpc) is 1.68. The molecule has 0 unspecified atom stereocenters. The molecule has 3 N–H and O–H groups in total. The first-order chi connectivity index (χ1) is 47.1. The third-order valence-corrected chi connectivity index (χ3v) is 17.6. The van der Waals surface area contributed by atoms with Crippen molar-refractivity contribution in [3.63, 3.8) is 0 Å². The summed E-state index contributed by atoms with van der Waals surface area (Å²) in [6.45, 7) is 1.90. The first kappa shape index (κ1) is 67.3. The number of piperidine rings is 1. The van der Waals surface area contributed by atoms with E-state index in [9.17, 15) is 53.9 Å². The van der Waals surface area contributed by atoms with E-state index in [0.29, 0.717) is 66.0 Å². The SMILES string of the molecule is N#CCC(=O)N1CC[C@H](Oc2ccc(-c3cccc(NC(=O)C4CC4)c3)cc2C#N)C(F)(F)C1.N#Cc1cc(-c2cccc(NC(=O)[C@H]3C[C@@H]3[N+](=O)[O-])c2)ccc1OC1CCOCC1.N#Cc1cc(-c2cccc(NC(=O)[C@H]3C[C@@H]3c3cccnc3)c2)ccc1OC1CCOCC1. The van der Waals surface area contributed by atoms with Gasteiger partial charge in [0.15, 0.2) is 6.10 Å². The number of rotatable bonds is 18. The Labute approximate surface area is 558 Å². The van der Waals surface area contributed by atoms with Gasteiger partial charge >= 0.3 is 5.92 Å². The van der Waals surface area contributed by atoms with Gasteiger partial charge in [-0.3, -0.25) is 34.3 Å². The highest BCUT2D eigenvalue weighted by Crippen LogP contribution is 2.48. The van der Waals surface area contributed by atoms with Gasteiger partial charge in [-0.1, -0.05) is 60.7 Å². The Morgan fingerprint density at radius 3 is 1.46 bits per heavy atom. The van der Waals surface area contributed by atoms with Crippen LogP contribution in [0.2, 0.25) is 0 Å². The number of carbonyl (C=O) groups excluding carboxylic acids is 4. The number of halogens is 2. The van der Waals surface area contributed by atoms with Gasteiger partial charge in [-0.25, -0.2) is 8.78 Å². The lowest BCUT2D eigenvalue weighted by atomic mass is 10.0. The minimum Gasteiger partial charge on any atom is -0.489 e. The molecule has 4 amide bonds. The second-order valence-corrected chi connectivity index (χ2v) is 24.5. The number of hydrogen-bond acceptors (Lipinski definition) is 16. The Morgan fingerprint density at radius 2 is 1.04 bits per heavy atom. The van der Waals surface area contributed by atoms with E-state index in [2.05, 4.69) is 33.1 Å². The van der Waals surface area contributed by atoms with Crippen LogP contribution in [-0.4, -0.2) is 108 Å². The van der Waals surface area contributed by atoms with Crippen molar-refractivity contribution in [1.29, 1.82) is 21.0 Å². The molecule has 0 radical (unpaired) electrons. The van der Waals surface area contributed by atoms with E-state index in [1.54, 1.807) is 72.9 Å². The zero-order valence-electron chi connectivity index (χ0n) is 52.7. The van der Waals surface area contributed by atoms with Crippen LogP contribution in [0.5, 0.6) is 17.2 Å². The average molecular weight is 1310 g/mol. The number of likely N-dealkylation sites (tertiary alicyclic amines) is 1. The molecule has 3 saturated heterocycles. The molecule has 0 bridgehead atoms. The summed E-state index contributed by atoms with van der Waals surface area (Å²) in [5, 5.41) is 56.9. The van der Waals surface area contributed by atoms with Gasteiger partial charge in [-0.2, -0.15) is 21.0 Å². The van der Waals surface area contributed by atoms with Crippen LogP contribution in [0.25, 0.3) is 33.4 Å². The predicted octanol–water partition coefficient (Wildman–Crippen LogP) is 12.4. The van der Waals surface area contributed by atoms with E-state index >= 15 is 0 Å². The van der Waals surface area contributed by atoms with Gasteiger partial charge in [0, 0.05) is 91.3 Å². The number of hydrogen-bond donors (Lipinski definition) is 3. The first-order valence-corrected chi connectivity index (χ1v) is 32.1. The van der Waals surface area contributed by atoms with Crippen molar-refractivity contribution in [3.8, 4) is 74.9 Å². The molecule has 3 aliphatic heterocycles. The van der Waals surface area contributed by atoms with Crippen molar-refractivity contribution in [3.05, 3.63) is 184 Å². The summed E-state index contributed by atoms with van der Waals surface area (Å²) >= 11 is 0. The molecule has 0 spiro atoms. The molecule has 7 aromatic rings. The minimum atomic E-state index is -3.33. The number of anilines is 3. The van der Waals surface area contributed by atoms with Gasteiger partial charge < -0.3 is 44.5 Å². The van der Waals surface area contributed by atoms with E-state index in [-0.39, 0.29) is 78.4 Å². The summed E-state index contributed by atoms with van der Waals surface area (Å²) in [7, 11) is 0. The number of pyridine rings is 1. The van der Waals surface area contributed by atoms with Crippen LogP contribution in [0.4, 0.5) is 25.8 Å². The molecule has 6 aliphatic rings. The number of nitrogens with one attached hydrogen (secondary N) is 3. The Bertz CT molecular complexity index is 4250. The molecule has 6 aromatic carbocycles. The van der Waals surface area contributed by atoms with E-state index in [1.807, 2.05) is 85.1 Å². The molecular formula is C74H68F2N10O11. The highest BCUT2D eigenvalue weighted by atomic mass is 19.3. The first-order valence-electron chi connectivity index (χ1n) is 32.1. The van der Waals surface area contributed by atoms with E-state index < -0.39 is 47.8 Å². The molecule has 13 rings (SSSR count). The van der Waals surface area contributed by atoms with Crippen molar-refractivity contribution in [2.75, 3.05) is 55.5 Å². The van der Waals surface area contributed by atoms with Crippen molar-refractivity contribution in [1.82, 2.24) is 9.88 Å². The van der Waals surface area contributed by atoms with Crippen LogP contribution in [-0.2, 0) is 28.7 Å². The van der Waals surface area contributed by atoms with Crippen LogP contribution >= 0.6 is 0 Å². The number of aromatic nitrogens is 1. The van der Waals surface area contributed by atoms with Crippen molar-refractivity contribution in [2.24, 2.45) is 17.8 Å². The lowest BCUT2D eigenvalue weighted by Gasteiger charge is -2.38. The molecule has 1 aromatic heterocycles. The fourth-order valence-corrected chi connectivity index (χ4v) is 11.8. The molecule has 97 heavy (non-hydrogen) atoms. The van der Waals surface area contributed by atoms with E-state index in [4.69, 9.17) is 28.9 Å². The van der Waals surface area contributed by atoms with Gasteiger partial charge in [0.2, 0.25) is 29.7 Å². The van der Waals surface area contributed by atoms with Gasteiger partial charge in [0.05, 0.1) is 55.7 Å². The van der Waals surface area contributed by atoms with E-state index in [1.165, 1.54) is 6.07 Å². The number of nitrogens with zero attached hydrogens (tertiary/aromatic N) is 7. The van der Waals surface area contributed by atoms with Crippen LogP contribution in [0.3, 0.4) is 0 Å². The monoisotopic (exact) mass is 1310 g/mol. The number of ether oxygens (including phenoxy) is 5. The number of benzene rings is 6. The molecule has 21 nitrogen and oxygen atoms in total. The minimum absolute atomic E-state index is 0.0140. The maximum atomic E-state index is 14.7. The molecule has 4 heterocycles. The third-order valence-electron chi connectivity index (χ3n) is 17.6. The maximum absolute atomic E-state index is 14.7. The largest absolute Gasteiger partial charge is 0.489 e. The van der Waals surface area contributed by atoms with Crippen LogP contribution in [0.1, 0.15) is 92.4 Å². The third kappa shape index (κ3) is 17.6. The Hall–Kier alpha value is -11.1. The molecule has 23 heteroatoms. The van der Waals surface area contributed by atoms with Crippen LogP contribution in [0, 0.1) is 73.2 Å². The smallest absolute Gasteiger partial charge is 0.301 e. The normalized spacial score (nSPS) is 19.9. The standard InChI is InChI=1S/C27H25N3O3.C25H22F2N4O3.C22H21N3O5/c28-16-21-13-19(6-7-26(21)33-23-8-11-32-12-9-23)18-3-1-5-22(14-18)30-27(31)25-15-24(25)20-4-2-10-29-17-20;26-25(27)15-31(23(32)8-10-28)11-9-22(25)34-21-7-6-18(12-19(21)14-29)17-2-1-3-20(13-17)30-24(33)16-4-5-16;23-13-16-10-15(4-5-21(16)30-18-6-8-29-9-7-18)14-2-1-3-17(11-14)24-22(26)19-12-20(19)25(27)28/h1-7,10,13-14,17,23-25H,8-9,11-12,15H2,(H,30,31);1-3,6-7,12-13,16,22H,4-5,8-9,11,15H2,(H,30,33);1-5,10-11,18-20H,6-9,12H2,(H,24,26)/t24-,25+;22-;19-,20-/m100/s1. The molecule has 3 saturated carbocycles. The summed E-state index contributed by atoms with van der Waals surface area (Å²) in [6, 6.07) is 49.1. The quantitative estimate of drug-likeness (QED) is 0.0531. The van der Waals surface area contributed by atoms with Crippen molar-refractivity contribution >= 4 is 40.7 Å². The molecule has 3 aliphatic carbocycles. The Balaban J connectivity index is 0.000000148. The predicted molar refractivity (Wildman–Crippen MR) is 352 cm³/mol. The van der Waals surface area contributed by atoms with Gasteiger partial charge in [-0.05, 0) is 143 Å². The number of carbonyl (C=O) groups is 4. The number of nitro groups is 1. The second kappa shape index (κ2) is 31.0. The number of alkyl halides is 2. The summed E-state index contributed by atoms with van der Waals surface area (Å²) < 4.78 is 57.7. The number of nitriles is 4. The summed E-state index contributed by atoms with van der Waals surface area (Å²) in [6.07, 6.45) is 7.79. The molecule has 6 fully saturated rings. The van der Waals surface area contributed by atoms with Crippen LogP contribution < -0.4 is 30.2 Å². The highest BCUT2D eigenvalue weighted by molar-refractivity contribution is 5.97. The fourth-order valence-electron chi connectivity index (χ4n) is 11.8. The summed E-state index contributed by atoms with van der Waals surface area (Å²) in [5.74, 6) is -3.40. The topological polar surface area (TPSA) is 305 Å². The summed E-state index contributed by atoms with van der Waals surface area (Å²) in [4.78, 5) is 64.2. The molecular weight excluding hydrogens is 1240 g/mol. The van der Waals surface area contributed by atoms with Crippen LogP contribution in [0.15, 0.2) is 152 Å². The van der Waals surface area contributed by atoms with Gasteiger partial charge in [0.25, 0.3) is 0 Å². The van der Waals surface area contributed by atoms with Crippen molar-refractivity contribution < 1.29 is 56.6 Å².